The first-order valence-corrected chi connectivity index (χ1v) is 5.41. The van der Waals surface area contributed by atoms with Crippen molar-refractivity contribution in [1.29, 1.82) is 0 Å². The van der Waals surface area contributed by atoms with Crippen LogP contribution in [0.5, 0.6) is 0 Å². The van der Waals surface area contributed by atoms with Gasteiger partial charge in [0.25, 0.3) is 0 Å². The summed E-state index contributed by atoms with van der Waals surface area (Å²) in [6.07, 6.45) is 0. The Labute approximate surface area is 96.4 Å². The molecule has 2 aromatic heterocycles. The van der Waals surface area contributed by atoms with E-state index in [0.717, 1.165) is 10.6 Å². The maximum Gasteiger partial charge on any atom is 0.348 e. The SMILES string of the molecule is COC(=O)c1ccc(-c2cc(N)n(C)n2)s1. The molecular weight excluding hydrogens is 226 g/mol. The largest absolute Gasteiger partial charge is 0.465 e. The number of thiophene rings is 1. The number of nitrogen functional groups attached to an aromatic ring is 1. The molecule has 5 nitrogen and oxygen atoms in total. The predicted octanol–water partition coefficient (Wildman–Crippen LogP) is 1.52. The third-order valence-electron chi connectivity index (χ3n) is 2.16. The fourth-order valence-corrected chi connectivity index (χ4v) is 2.17. The maximum atomic E-state index is 11.3. The quantitative estimate of drug-likeness (QED) is 0.804. The van der Waals surface area contributed by atoms with E-state index in [1.807, 2.05) is 6.07 Å². The second kappa shape index (κ2) is 3.97. The zero-order valence-electron chi connectivity index (χ0n) is 8.93. The molecule has 0 saturated heterocycles. The van der Waals surface area contributed by atoms with Crippen LogP contribution in [-0.2, 0) is 11.8 Å². The third-order valence-corrected chi connectivity index (χ3v) is 3.25. The third kappa shape index (κ3) is 1.79. The van der Waals surface area contributed by atoms with Crippen LogP contribution in [0, 0.1) is 0 Å². The Morgan fingerprint density at radius 3 is 2.88 bits per heavy atom. The second-order valence-electron chi connectivity index (χ2n) is 3.23. The lowest BCUT2D eigenvalue weighted by atomic mass is 10.3. The van der Waals surface area contributed by atoms with Gasteiger partial charge < -0.3 is 10.5 Å². The van der Waals surface area contributed by atoms with Gasteiger partial charge >= 0.3 is 5.97 Å². The molecule has 0 bridgehead atoms. The fraction of sp³-hybridized carbons (Fsp3) is 0.200. The van der Waals surface area contributed by atoms with E-state index in [0.29, 0.717) is 10.7 Å². The van der Waals surface area contributed by atoms with E-state index in [4.69, 9.17) is 5.73 Å². The van der Waals surface area contributed by atoms with Gasteiger partial charge in [-0.15, -0.1) is 11.3 Å². The van der Waals surface area contributed by atoms with Gasteiger partial charge in [0.2, 0.25) is 0 Å². The minimum Gasteiger partial charge on any atom is -0.465 e. The lowest BCUT2D eigenvalue weighted by molar-refractivity contribution is 0.0606. The molecule has 6 heteroatoms. The molecule has 0 aliphatic carbocycles. The first kappa shape index (κ1) is 10.7. The molecule has 0 atom stereocenters. The molecule has 84 valence electrons. The molecular formula is C10H11N3O2S. The second-order valence-corrected chi connectivity index (χ2v) is 4.32. The Morgan fingerprint density at radius 2 is 2.31 bits per heavy atom. The van der Waals surface area contributed by atoms with Crippen LogP contribution < -0.4 is 5.73 Å². The van der Waals surface area contributed by atoms with Crippen molar-refractivity contribution in [3.05, 3.63) is 23.1 Å². The summed E-state index contributed by atoms with van der Waals surface area (Å²) >= 11 is 1.33. The molecule has 2 aromatic rings. The van der Waals surface area contributed by atoms with Gasteiger partial charge in [-0.3, -0.25) is 4.68 Å². The molecule has 0 aliphatic heterocycles. The van der Waals surface area contributed by atoms with Crippen LogP contribution in [0.25, 0.3) is 10.6 Å². The number of carbonyl (C=O) groups excluding carboxylic acids is 1. The highest BCUT2D eigenvalue weighted by atomic mass is 32.1. The molecule has 0 fully saturated rings. The average molecular weight is 237 g/mol. The lowest BCUT2D eigenvalue weighted by Gasteiger charge is -1.92. The van der Waals surface area contributed by atoms with Gasteiger partial charge in [-0.1, -0.05) is 0 Å². The Kier molecular flexibility index (Phi) is 2.66. The first-order chi connectivity index (χ1) is 7.61. The number of hydrogen-bond acceptors (Lipinski definition) is 5. The van der Waals surface area contributed by atoms with Gasteiger partial charge in [0.05, 0.1) is 12.0 Å². The summed E-state index contributed by atoms with van der Waals surface area (Å²) in [5.74, 6) is 0.253. The number of aryl methyl sites for hydroxylation is 1. The Bertz CT molecular complexity index is 510. The zero-order chi connectivity index (χ0) is 11.7. The van der Waals surface area contributed by atoms with E-state index in [2.05, 4.69) is 9.84 Å². The standard InChI is InChI=1S/C10H11N3O2S/c1-13-9(11)5-6(12-13)7-3-4-8(16-7)10(14)15-2/h3-5H,11H2,1-2H3. The number of nitrogens with two attached hydrogens (primary N) is 1. The van der Waals surface area contributed by atoms with Crippen molar-refractivity contribution in [3.63, 3.8) is 0 Å². The topological polar surface area (TPSA) is 70.1 Å². The van der Waals surface area contributed by atoms with Gasteiger partial charge in [-0.2, -0.15) is 5.10 Å². The number of aromatic nitrogens is 2. The number of hydrogen-bond donors (Lipinski definition) is 1. The minimum atomic E-state index is -0.333. The summed E-state index contributed by atoms with van der Waals surface area (Å²) in [4.78, 5) is 12.7. The van der Waals surface area contributed by atoms with Crippen LogP contribution in [0.3, 0.4) is 0 Å². The molecule has 2 heterocycles. The van der Waals surface area contributed by atoms with E-state index in [-0.39, 0.29) is 5.97 Å². The van der Waals surface area contributed by atoms with E-state index in [9.17, 15) is 4.79 Å². The molecule has 0 radical (unpaired) electrons. The molecule has 2 N–H and O–H groups in total. The summed E-state index contributed by atoms with van der Waals surface area (Å²) in [7, 11) is 3.13. The van der Waals surface area contributed by atoms with Crippen molar-refractivity contribution in [2.75, 3.05) is 12.8 Å². The molecule has 0 aromatic carbocycles. The summed E-state index contributed by atoms with van der Waals surface area (Å²) in [6, 6.07) is 5.32. The van der Waals surface area contributed by atoms with Gasteiger partial charge in [0.1, 0.15) is 16.4 Å². The molecule has 0 saturated carbocycles. The number of methoxy groups -OCH3 is 1. The molecule has 0 spiro atoms. The van der Waals surface area contributed by atoms with E-state index in [1.165, 1.54) is 18.4 Å². The molecule has 2 rings (SSSR count). The van der Waals surface area contributed by atoms with Crippen LogP contribution in [0.4, 0.5) is 5.82 Å². The first-order valence-electron chi connectivity index (χ1n) is 4.60. The Balaban J connectivity index is 2.35. The van der Waals surface area contributed by atoms with Crippen LogP contribution >= 0.6 is 11.3 Å². The average Bonchev–Trinajstić information content (AvgIpc) is 2.86. The monoisotopic (exact) mass is 237 g/mol. The summed E-state index contributed by atoms with van der Waals surface area (Å²) in [6.45, 7) is 0. The van der Waals surface area contributed by atoms with Crippen LogP contribution in [0.15, 0.2) is 18.2 Å². The number of nitrogens with zero attached hydrogens (tertiary/aromatic N) is 2. The van der Waals surface area contributed by atoms with E-state index in [1.54, 1.807) is 23.9 Å². The van der Waals surface area contributed by atoms with Gasteiger partial charge in [0, 0.05) is 13.1 Å². The Hall–Kier alpha value is -1.82. The van der Waals surface area contributed by atoms with E-state index >= 15 is 0 Å². The van der Waals surface area contributed by atoms with Crippen molar-refractivity contribution in [3.8, 4) is 10.6 Å². The number of esters is 1. The number of rotatable bonds is 2. The van der Waals surface area contributed by atoms with Crippen LogP contribution in [-0.4, -0.2) is 22.9 Å². The van der Waals surface area contributed by atoms with Crippen molar-refractivity contribution >= 4 is 23.1 Å². The normalized spacial score (nSPS) is 10.4. The Morgan fingerprint density at radius 1 is 1.56 bits per heavy atom. The van der Waals surface area contributed by atoms with Crippen molar-refractivity contribution in [2.45, 2.75) is 0 Å². The van der Waals surface area contributed by atoms with Gasteiger partial charge in [-0.25, -0.2) is 4.79 Å². The van der Waals surface area contributed by atoms with Gasteiger partial charge in [0.15, 0.2) is 0 Å². The number of ether oxygens (including phenoxy) is 1. The molecule has 0 amide bonds. The minimum absolute atomic E-state index is 0.333. The van der Waals surface area contributed by atoms with Crippen LogP contribution in [0.2, 0.25) is 0 Å². The van der Waals surface area contributed by atoms with Crippen molar-refractivity contribution < 1.29 is 9.53 Å². The molecule has 0 unspecified atom stereocenters. The number of anilines is 1. The number of carbonyl (C=O) groups is 1. The lowest BCUT2D eigenvalue weighted by Crippen LogP contribution is -1.96. The summed E-state index contributed by atoms with van der Waals surface area (Å²) in [5, 5.41) is 4.23. The molecule has 0 aliphatic rings. The summed E-state index contributed by atoms with van der Waals surface area (Å²) < 4.78 is 6.23. The van der Waals surface area contributed by atoms with Crippen molar-refractivity contribution in [2.24, 2.45) is 7.05 Å². The highest BCUT2D eigenvalue weighted by Crippen LogP contribution is 2.28. The van der Waals surface area contributed by atoms with Crippen molar-refractivity contribution in [1.82, 2.24) is 9.78 Å². The highest BCUT2D eigenvalue weighted by molar-refractivity contribution is 7.17. The van der Waals surface area contributed by atoms with Crippen LogP contribution in [0.1, 0.15) is 9.67 Å². The highest BCUT2D eigenvalue weighted by Gasteiger charge is 2.12. The zero-order valence-corrected chi connectivity index (χ0v) is 9.75. The maximum absolute atomic E-state index is 11.3. The van der Waals surface area contributed by atoms with E-state index < -0.39 is 0 Å². The fourth-order valence-electron chi connectivity index (χ4n) is 1.29. The van der Waals surface area contributed by atoms with Gasteiger partial charge in [-0.05, 0) is 12.1 Å². The smallest absolute Gasteiger partial charge is 0.348 e. The summed E-state index contributed by atoms with van der Waals surface area (Å²) in [5.41, 5.74) is 6.45. The molecule has 16 heavy (non-hydrogen) atoms. The predicted molar refractivity (Wildman–Crippen MR) is 62.3 cm³/mol.